The maximum absolute atomic E-state index is 10.5. The Labute approximate surface area is 230 Å². The van der Waals surface area contributed by atoms with Gasteiger partial charge in [-0.25, -0.2) is 0 Å². The summed E-state index contributed by atoms with van der Waals surface area (Å²) in [5, 5.41) is 20.9. The van der Waals surface area contributed by atoms with Gasteiger partial charge in [-0.05, 0) is 38.8 Å². The molecule has 0 amide bonds. The molecule has 0 heterocycles. The van der Waals surface area contributed by atoms with Crippen molar-refractivity contribution in [3.8, 4) is 0 Å². The minimum atomic E-state index is -0.659. The van der Waals surface area contributed by atoms with Gasteiger partial charge in [0, 0.05) is 12.8 Å². The molecule has 0 fully saturated rings. The second kappa shape index (κ2) is 31.1. The molecule has 0 atom stereocenters. The number of aliphatic carboxylic acids is 2. The normalized spacial score (nSPS) is 11.2. The number of carbonyl (C=O) groups is 2. The van der Waals surface area contributed by atoms with Crippen LogP contribution < -0.4 is 5.32 Å². The van der Waals surface area contributed by atoms with E-state index >= 15 is 0 Å². The van der Waals surface area contributed by atoms with Crippen LogP contribution in [0.5, 0.6) is 0 Å². The van der Waals surface area contributed by atoms with Crippen LogP contribution in [-0.2, 0) is 9.59 Å². The molecule has 0 spiro atoms. The molecule has 0 unspecified atom stereocenters. The first-order valence-corrected chi connectivity index (χ1v) is 16.3. The zero-order chi connectivity index (χ0) is 27.1. The Bertz CT molecular complexity index is 441. The third-order valence-corrected chi connectivity index (χ3v) is 7.49. The molecule has 220 valence electrons. The maximum atomic E-state index is 10.5. The van der Waals surface area contributed by atoms with Crippen molar-refractivity contribution in [1.82, 2.24) is 5.32 Å². The molecule has 0 radical (unpaired) electrons. The molecule has 37 heavy (non-hydrogen) atoms. The summed E-state index contributed by atoms with van der Waals surface area (Å²) in [6, 6.07) is 0. The number of nitrogens with one attached hydrogen (secondary N) is 1. The van der Waals surface area contributed by atoms with Gasteiger partial charge in [-0.2, -0.15) is 0 Å². The molecule has 0 aromatic carbocycles. The van der Waals surface area contributed by atoms with Gasteiger partial charge in [0.25, 0.3) is 0 Å². The summed E-state index contributed by atoms with van der Waals surface area (Å²) in [7, 11) is 0. The van der Waals surface area contributed by atoms with Gasteiger partial charge in [0.05, 0.1) is 0 Å². The van der Waals surface area contributed by atoms with Gasteiger partial charge in [-0.15, -0.1) is 0 Å². The van der Waals surface area contributed by atoms with Gasteiger partial charge in [-0.1, -0.05) is 141 Å². The van der Waals surface area contributed by atoms with E-state index in [4.69, 9.17) is 10.2 Å². The first-order chi connectivity index (χ1) is 18.1. The number of carboxylic acids is 2. The van der Waals surface area contributed by atoms with E-state index in [0.717, 1.165) is 25.7 Å². The van der Waals surface area contributed by atoms with Gasteiger partial charge >= 0.3 is 11.9 Å². The number of carboxylic acid groups (broad SMARTS) is 2. The van der Waals surface area contributed by atoms with Crippen LogP contribution in [0.3, 0.4) is 0 Å². The molecule has 0 aromatic heterocycles. The number of hydrogen-bond acceptors (Lipinski definition) is 3. The van der Waals surface area contributed by atoms with E-state index in [2.05, 4.69) is 5.32 Å². The standard InChI is InChI=1S/C32H63NO4/c34-31(35)27-23-19-15-11-7-3-1-5-9-13-17-21-25-29-33-30-26-22-18-14-10-6-2-4-8-12-16-20-24-28-32(36)37/h33H,1-30H2,(H,34,35)(H,36,37). The lowest BCUT2D eigenvalue weighted by Crippen LogP contribution is -2.16. The molecule has 0 aromatic rings. The molecule has 0 aliphatic heterocycles. The Morgan fingerprint density at radius 3 is 0.730 bits per heavy atom. The van der Waals surface area contributed by atoms with Crippen molar-refractivity contribution in [2.24, 2.45) is 0 Å². The highest BCUT2D eigenvalue weighted by Gasteiger charge is 1.99. The summed E-state index contributed by atoms with van der Waals surface area (Å²) in [6.07, 6.45) is 34.0. The van der Waals surface area contributed by atoms with Crippen molar-refractivity contribution in [1.29, 1.82) is 0 Å². The zero-order valence-corrected chi connectivity index (χ0v) is 24.4. The first-order valence-electron chi connectivity index (χ1n) is 16.3. The van der Waals surface area contributed by atoms with Gasteiger partial charge in [0.1, 0.15) is 0 Å². The van der Waals surface area contributed by atoms with Gasteiger partial charge in [0.15, 0.2) is 0 Å². The largest absolute Gasteiger partial charge is 0.481 e. The summed E-state index contributed by atoms with van der Waals surface area (Å²) in [5.74, 6) is -1.32. The van der Waals surface area contributed by atoms with Gasteiger partial charge in [-0.3, -0.25) is 9.59 Å². The van der Waals surface area contributed by atoms with E-state index in [1.54, 1.807) is 0 Å². The van der Waals surface area contributed by atoms with Gasteiger partial charge < -0.3 is 15.5 Å². The topological polar surface area (TPSA) is 86.6 Å². The fourth-order valence-corrected chi connectivity index (χ4v) is 5.07. The second-order valence-electron chi connectivity index (χ2n) is 11.2. The quantitative estimate of drug-likeness (QED) is 0.0761. The highest BCUT2D eigenvalue weighted by atomic mass is 16.4. The van der Waals surface area contributed by atoms with Crippen LogP contribution in [-0.4, -0.2) is 35.2 Å². The van der Waals surface area contributed by atoms with E-state index in [1.165, 1.54) is 154 Å². The van der Waals surface area contributed by atoms with Crippen molar-refractivity contribution in [3.05, 3.63) is 0 Å². The van der Waals surface area contributed by atoms with Crippen molar-refractivity contribution in [3.63, 3.8) is 0 Å². The molecule has 3 N–H and O–H groups in total. The van der Waals surface area contributed by atoms with Crippen molar-refractivity contribution < 1.29 is 19.8 Å². The van der Waals surface area contributed by atoms with Crippen molar-refractivity contribution in [2.45, 2.75) is 180 Å². The van der Waals surface area contributed by atoms with E-state index in [-0.39, 0.29) is 0 Å². The summed E-state index contributed by atoms with van der Waals surface area (Å²) < 4.78 is 0. The average Bonchev–Trinajstić information content (AvgIpc) is 2.87. The minimum Gasteiger partial charge on any atom is -0.481 e. The Hall–Kier alpha value is -1.10. The average molecular weight is 526 g/mol. The highest BCUT2D eigenvalue weighted by molar-refractivity contribution is 5.66. The van der Waals surface area contributed by atoms with Crippen LogP contribution in [0.25, 0.3) is 0 Å². The van der Waals surface area contributed by atoms with E-state index in [0.29, 0.717) is 12.8 Å². The molecule has 0 rings (SSSR count). The summed E-state index contributed by atoms with van der Waals surface area (Å²) in [5.41, 5.74) is 0. The highest BCUT2D eigenvalue weighted by Crippen LogP contribution is 2.14. The third-order valence-electron chi connectivity index (χ3n) is 7.49. The third kappa shape index (κ3) is 34.9. The summed E-state index contributed by atoms with van der Waals surface area (Å²) >= 11 is 0. The van der Waals surface area contributed by atoms with Crippen LogP contribution >= 0.6 is 0 Å². The van der Waals surface area contributed by atoms with E-state index < -0.39 is 11.9 Å². The lowest BCUT2D eigenvalue weighted by Gasteiger charge is -2.06. The van der Waals surface area contributed by atoms with Crippen LogP contribution in [0, 0.1) is 0 Å². The van der Waals surface area contributed by atoms with Crippen LogP contribution in [0.4, 0.5) is 0 Å². The zero-order valence-electron chi connectivity index (χ0n) is 24.4. The van der Waals surface area contributed by atoms with Gasteiger partial charge in [0.2, 0.25) is 0 Å². The molecule has 0 aliphatic carbocycles. The van der Waals surface area contributed by atoms with E-state index in [1.807, 2.05) is 0 Å². The summed E-state index contributed by atoms with van der Waals surface area (Å²) in [4.78, 5) is 20.9. The smallest absolute Gasteiger partial charge is 0.303 e. The van der Waals surface area contributed by atoms with Crippen molar-refractivity contribution >= 4 is 11.9 Å². The van der Waals surface area contributed by atoms with Crippen LogP contribution in [0.1, 0.15) is 180 Å². The fraction of sp³-hybridized carbons (Fsp3) is 0.938. The minimum absolute atomic E-state index is 0.334. The molecular weight excluding hydrogens is 462 g/mol. The summed E-state index contributed by atoms with van der Waals surface area (Å²) in [6.45, 7) is 2.37. The van der Waals surface area contributed by atoms with Crippen molar-refractivity contribution in [2.75, 3.05) is 13.1 Å². The Balaban J connectivity index is 3.03. The Kier molecular flexibility index (Phi) is 30.2. The predicted molar refractivity (Wildman–Crippen MR) is 157 cm³/mol. The molecule has 0 saturated carbocycles. The van der Waals surface area contributed by atoms with Crippen LogP contribution in [0.2, 0.25) is 0 Å². The number of hydrogen-bond donors (Lipinski definition) is 3. The maximum Gasteiger partial charge on any atom is 0.303 e. The second-order valence-corrected chi connectivity index (χ2v) is 11.2. The Morgan fingerprint density at radius 1 is 0.324 bits per heavy atom. The molecule has 0 aliphatic rings. The van der Waals surface area contributed by atoms with E-state index in [9.17, 15) is 9.59 Å². The molecule has 0 saturated heterocycles. The molecular formula is C32H63NO4. The predicted octanol–water partition coefficient (Wildman–Crippen LogP) is 9.67. The number of unbranched alkanes of at least 4 members (excludes halogenated alkanes) is 24. The first kappa shape index (κ1) is 35.9. The lowest BCUT2D eigenvalue weighted by atomic mass is 10.0. The molecule has 5 nitrogen and oxygen atoms in total. The Morgan fingerprint density at radius 2 is 0.514 bits per heavy atom. The molecule has 5 heteroatoms. The SMILES string of the molecule is O=C(O)CCCCCCCCCCCCCCCNCCCCCCCCCCCCCCCC(=O)O. The molecule has 0 bridgehead atoms. The van der Waals surface area contributed by atoms with Crippen LogP contribution in [0.15, 0.2) is 0 Å². The fourth-order valence-electron chi connectivity index (χ4n) is 5.07. The monoisotopic (exact) mass is 525 g/mol. The number of rotatable bonds is 32. The lowest BCUT2D eigenvalue weighted by molar-refractivity contribution is -0.138.